The van der Waals surface area contributed by atoms with Crippen LogP contribution in [0.25, 0.3) is 0 Å². The lowest BCUT2D eigenvalue weighted by Crippen LogP contribution is -2.42. The average molecular weight is 213 g/mol. The van der Waals surface area contributed by atoms with Crippen LogP contribution in [0.1, 0.15) is 20.3 Å². The third-order valence-corrected chi connectivity index (χ3v) is 3.05. The lowest BCUT2D eigenvalue weighted by atomic mass is 10.2. The molecule has 1 atom stereocenters. The molecule has 1 aliphatic rings. The van der Waals surface area contributed by atoms with Crippen LogP contribution in [-0.2, 0) is 4.79 Å². The van der Waals surface area contributed by atoms with Crippen molar-refractivity contribution in [1.82, 2.24) is 15.1 Å². The number of likely N-dealkylation sites (tertiary alicyclic amines) is 1. The molecule has 0 aromatic carbocycles. The van der Waals surface area contributed by atoms with E-state index in [1.807, 2.05) is 18.7 Å². The van der Waals surface area contributed by atoms with Crippen molar-refractivity contribution >= 4 is 5.91 Å². The first kappa shape index (κ1) is 12.5. The molecule has 0 spiro atoms. The molecule has 1 rings (SSSR count). The van der Waals surface area contributed by atoms with Gasteiger partial charge in [0.1, 0.15) is 0 Å². The molecule has 0 aromatic rings. The highest BCUT2D eigenvalue weighted by molar-refractivity contribution is 5.78. The van der Waals surface area contributed by atoms with Gasteiger partial charge in [0.15, 0.2) is 0 Å². The van der Waals surface area contributed by atoms with E-state index in [9.17, 15) is 4.79 Å². The highest BCUT2D eigenvalue weighted by Crippen LogP contribution is 2.05. The summed E-state index contributed by atoms with van der Waals surface area (Å²) < 4.78 is 0. The Morgan fingerprint density at radius 2 is 2.13 bits per heavy atom. The van der Waals surface area contributed by atoms with Crippen molar-refractivity contribution in [3.8, 4) is 0 Å². The van der Waals surface area contributed by atoms with E-state index in [0.717, 1.165) is 32.6 Å². The lowest BCUT2D eigenvalue weighted by molar-refractivity contribution is -0.129. The van der Waals surface area contributed by atoms with Crippen LogP contribution in [0.5, 0.6) is 0 Å². The molecule has 88 valence electrons. The second kappa shape index (κ2) is 6.08. The predicted octanol–water partition coefficient (Wildman–Crippen LogP) is 0.149. The molecule has 0 bridgehead atoms. The molecule has 1 amide bonds. The number of hydrogen-bond acceptors (Lipinski definition) is 3. The second-order valence-electron chi connectivity index (χ2n) is 4.19. The minimum absolute atomic E-state index is 0.217. The maximum Gasteiger partial charge on any atom is 0.236 e. The Kier molecular flexibility index (Phi) is 5.05. The van der Waals surface area contributed by atoms with Gasteiger partial charge in [-0.25, -0.2) is 0 Å². The van der Waals surface area contributed by atoms with Crippen molar-refractivity contribution in [3.05, 3.63) is 0 Å². The number of carbonyl (C=O) groups is 1. The van der Waals surface area contributed by atoms with Gasteiger partial charge < -0.3 is 15.1 Å². The molecule has 0 saturated carbocycles. The van der Waals surface area contributed by atoms with Crippen LogP contribution in [0.15, 0.2) is 0 Å². The fourth-order valence-corrected chi connectivity index (χ4v) is 2.02. The van der Waals surface area contributed by atoms with Gasteiger partial charge in [0, 0.05) is 25.7 Å². The third kappa shape index (κ3) is 3.80. The zero-order valence-corrected chi connectivity index (χ0v) is 10.1. The third-order valence-electron chi connectivity index (χ3n) is 3.05. The Labute approximate surface area is 92.6 Å². The zero-order valence-electron chi connectivity index (χ0n) is 10.1. The number of hydrogen-bond donors (Lipinski definition) is 1. The summed E-state index contributed by atoms with van der Waals surface area (Å²) >= 11 is 0. The van der Waals surface area contributed by atoms with E-state index in [2.05, 4.69) is 17.3 Å². The van der Waals surface area contributed by atoms with Crippen LogP contribution in [0.3, 0.4) is 0 Å². The Hall–Kier alpha value is -0.610. The summed E-state index contributed by atoms with van der Waals surface area (Å²) in [7, 11) is 2.12. The smallest absolute Gasteiger partial charge is 0.236 e. The summed E-state index contributed by atoms with van der Waals surface area (Å²) in [5, 5.41) is 3.33. The number of carbonyl (C=O) groups excluding carboxylic acids is 1. The number of rotatable bonds is 5. The monoisotopic (exact) mass is 213 g/mol. The number of likely N-dealkylation sites (N-methyl/N-ethyl adjacent to an activating group) is 2. The molecular weight excluding hydrogens is 190 g/mol. The molecule has 1 saturated heterocycles. The van der Waals surface area contributed by atoms with Crippen LogP contribution in [0.2, 0.25) is 0 Å². The van der Waals surface area contributed by atoms with Gasteiger partial charge in [-0.2, -0.15) is 0 Å². The van der Waals surface area contributed by atoms with Crippen LogP contribution in [0, 0.1) is 0 Å². The summed E-state index contributed by atoms with van der Waals surface area (Å²) in [5.41, 5.74) is 0. The largest absolute Gasteiger partial charge is 0.342 e. The Bertz CT molecular complexity index is 204. The van der Waals surface area contributed by atoms with Gasteiger partial charge in [0.25, 0.3) is 0 Å². The van der Waals surface area contributed by atoms with Crippen molar-refractivity contribution in [1.29, 1.82) is 0 Å². The maximum absolute atomic E-state index is 11.7. The molecule has 0 aliphatic carbocycles. The van der Waals surface area contributed by atoms with E-state index >= 15 is 0 Å². The summed E-state index contributed by atoms with van der Waals surface area (Å²) in [6.07, 6.45) is 1.15. The summed E-state index contributed by atoms with van der Waals surface area (Å²) in [6.45, 7) is 8.33. The van der Waals surface area contributed by atoms with Gasteiger partial charge in [-0.05, 0) is 33.9 Å². The van der Waals surface area contributed by atoms with E-state index < -0.39 is 0 Å². The normalized spacial score (nSPS) is 21.9. The van der Waals surface area contributed by atoms with Gasteiger partial charge in [0.05, 0.1) is 6.54 Å². The van der Waals surface area contributed by atoms with Crippen molar-refractivity contribution in [2.75, 3.05) is 39.8 Å². The van der Waals surface area contributed by atoms with Gasteiger partial charge in [-0.1, -0.05) is 0 Å². The van der Waals surface area contributed by atoms with E-state index in [-0.39, 0.29) is 5.91 Å². The van der Waals surface area contributed by atoms with E-state index in [0.29, 0.717) is 12.6 Å². The van der Waals surface area contributed by atoms with Gasteiger partial charge in [0.2, 0.25) is 5.91 Å². The Morgan fingerprint density at radius 3 is 2.60 bits per heavy atom. The van der Waals surface area contributed by atoms with Crippen molar-refractivity contribution in [2.45, 2.75) is 26.3 Å². The van der Waals surface area contributed by atoms with Crippen molar-refractivity contribution in [2.24, 2.45) is 0 Å². The molecule has 4 heteroatoms. The SMILES string of the molecule is CCN(CC)C(=O)CNC1CCN(C)C1. The van der Waals surface area contributed by atoms with Crippen LogP contribution in [-0.4, -0.2) is 61.5 Å². The van der Waals surface area contributed by atoms with Crippen molar-refractivity contribution < 1.29 is 4.79 Å². The number of nitrogens with one attached hydrogen (secondary N) is 1. The lowest BCUT2D eigenvalue weighted by Gasteiger charge is -2.20. The Balaban J connectivity index is 2.21. The minimum atomic E-state index is 0.217. The van der Waals surface area contributed by atoms with Crippen LogP contribution >= 0.6 is 0 Å². The quantitative estimate of drug-likeness (QED) is 0.706. The molecule has 1 unspecified atom stereocenters. The average Bonchev–Trinajstić information content (AvgIpc) is 2.63. The van der Waals surface area contributed by atoms with Gasteiger partial charge >= 0.3 is 0 Å². The van der Waals surface area contributed by atoms with Gasteiger partial charge in [-0.3, -0.25) is 4.79 Å². The van der Waals surface area contributed by atoms with Crippen LogP contribution in [0.4, 0.5) is 0 Å². The molecule has 1 N–H and O–H groups in total. The molecule has 4 nitrogen and oxygen atoms in total. The number of nitrogens with zero attached hydrogens (tertiary/aromatic N) is 2. The molecule has 15 heavy (non-hydrogen) atoms. The second-order valence-corrected chi connectivity index (χ2v) is 4.19. The fraction of sp³-hybridized carbons (Fsp3) is 0.909. The first-order chi connectivity index (χ1) is 7.17. The molecule has 0 aromatic heterocycles. The molecule has 1 aliphatic heterocycles. The highest BCUT2D eigenvalue weighted by atomic mass is 16.2. The zero-order chi connectivity index (χ0) is 11.3. The number of amides is 1. The predicted molar refractivity (Wildman–Crippen MR) is 61.8 cm³/mol. The standard InChI is InChI=1S/C11H23N3O/c1-4-14(5-2)11(15)8-12-10-6-7-13(3)9-10/h10,12H,4-9H2,1-3H3. The van der Waals surface area contributed by atoms with E-state index in [4.69, 9.17) is 0 Å². The minimum Gasteiger partial charge on any atom is -0.342 e. The van der Waals surface area contributed by atoms with Crippen LogP contribution < -0.4 is 5.32 Å². The molecule has 1 heterocycles. The first-order valence-corrected chi connectivity index (χ1v) is 5.87. The summed E-state index contributed by atoms with van der Waals surface area (Å²) in [5.74, 6) is 0.217. The maximum atomic E-state index is 11.7. The topological polar surface area (TPSA) is 35.6 Å². The molecule has 1 fully saturated rings. The summed E-state index contributed by atoms with van der Waals surface area (Å²) in [4.78, 5) is 15.9. The van der Waals surface area contributed by atoms with Gasteiger partial charge in [-0.15, -0.1) is 0 Å². The summed E-state index contributed by atoms with van der Waals surface area (Å²) in [6, 6.07) is 0.495. The Morgan fingerprint density at radius 1 is 1.47 bits per heavy atom. The van der Waals surface area contributed by atoms with E-state index in [1.165, 1.54) is 0 Å². The molecule has 0 radical (unpaired) electrons. The highest BCUT2D eigenvalue weighted by Gasteiger charge is 2.20. The molecular formula is C11H23N3O. The van der Waals surface area contributed by atoms with Crippen molar-refractivity contribution in [3.63, 3.8) is 0 Å². The first-order valence-electron chi connectivity index (χ1n) is 5.87. The fourth-order valence-electron chi connectivity index (χ4n) is 2.02. The van der Waals surface area contributed by atoms with E-state index in [1.54, 1.807) is 0 Å².